The molecule has 1 aliphatic carbocycles. The Morgan fingerprint density at radius 2 is 1.52 bits per heavy atom. The molecule has 44 heavy (non-hydrogen) atoms. The molecule has 5 rings (SSSR count). The number of carbonyl (C=O) groups excluding carboxylic acids is 1. The van der Waals surface area contributed by atoms with Crippen LogP contribution in [0, 0.1) is 19.3 Å². The maximum atomic E-state index is 12.8. The fourth-order valence-electron chi connectivity index (χ4n) is 6.25. The number of anilines is 1. The zero-order valence-corrected chi connectivity index (χ0v) is 27.7. The second-order valence-electron chi connectivity index (χ2n) is 12.9. The third-order valence-corrected chi connectivity index (χ3v) is 8.14. The molecule has 1 saturated heterocycles. The number of rotatable bonds is 7. The molecule has 1 spiro atoms. The first kappa shape index (κ1) is 34.8. The largest absolute Gasteiger partial charge is 0.481 e. The molecule has 2 fully saturated rings. The highest BCUT2D eigenvalue weighted by molar-refractivity contribution is 5.95. The van der Waals surface area contributed by atoms with Crippen LogP contribution in [-0.4, -0.2) is 45.8 Å². The summed E-state index contributed by atoms with van der Waals surface area (Å²) < 4.78 is 0. The number of carboxylic acid groups (broad SMARTS) is 1. The SMILES string of the molecule is CC.CC(C)(C)O.Cc1nc(C)c(-c2ccc(C(=O)NCc3ccccc3)cc2)c(N2CCC3(CCCC3)C2)c1CC(=O)O. The van der Waals surface area contributed by atoms with Gasteiger partial charge in [-0.2, -0.15) is 0 Å². The number of hydrogen-bond acceptors (Lipinski definition) is 5. The van der Waals surface area contributed by atoms with Crippen molar-refractivity contribution in [3.8, 4) is 11.1 Å². The van der Waals surface area contributed by atoms with Crippen molar-refractivity contribution in [3.05, 3.63) is 82.7 Å². The van der Waals surface area contributed by atoms with E-state index >= 15 is 0 Å². The Hall–Kier alpha value is -3.71. The first-order valence-electron chi connectivity index (χ1n) is 16.0. The average Bonchev–Trinajstić information content (AvgIpc) is 3.62. The number of aromatic nitrogens is 1. The molecule has 7 heteroatoms. The molecular weight excluding hydrogens is 550 g/mol. The molecule has 0 atom stereocenters. The van der Waals surface area contributed by atoms with Gasteiger partial charge in [0, 0.05) is 47.7 Å². The van der Waals surface area contributed by atoms with E-state index in [-0.39, 0.29) is 12.3 Å². The van der Waals surface area contributed by atoms with Crippen molar-refractivity contribution in [2.75, 3.05) is 18.0 Å². The molecule has 2 heterocycles. The number of nitrogens with zero attached hydrogens (tertiary/aromatic N) is 2. The topological polar surface area (TPSA) is 103 Å². The summed E-state index contributed by atoms with van der Waals surface area (Å²) in [6, 6.07) is 17.5. The van der Waals surface area contributed by atoms with Crippen LogP contribution in [0.25, 0.3) is 11.1 Å². The third-order valence-electron chi connectivity index (χ3n) is 8.14. The van der Waals surface area contributed by atoms with Crippen molar-refractivity contribution in [1.82, 2.24) is 10.3 Å². The number of pyridine rings is 1. The molecule has 0 bridgehead atoms. The van der Waals surface area contributed by atoms with Gasteiger partial charge in [-0.3, -0.25) is 14.6 Å². The van der Waals surface area contributed by atoms with Crippen LogP contribution < -0.4 is 10.2 Å². The summed E-state index contributed by atoms with van der Waals surface area (Å²) in [5, 5.41) is 21.2. The molecule has 1 aromatic heterocycles. The number of aliphatic hydroxyl groups is 1. The van der Waals surface area contributed by atoms with Gasteiger partial charge in [-0.1, -0.05) is 69.2 Å². The Balaban J connectivity index is 0.000000688. The molecule has 1 saturated carbocycles. The second-order valence-corrected chi connectivity index (χ2v) is 12.9. The number of carbonyl (C=O) groups is 2. The van der Waals surface area contributed by atoms with Gasteiger partial charge in [0.25, 0.3) is 5.91 Å². The summed E-state index contributed by atoms with van der Waals surface area (Å²) in [5.74, 6) is -0.968. The first-order valence-corrected chi connectivity index (χ1v) is 16.0. The van der Waals surface area contributed by atoms with Gasteiger partial charge in [0.1, 0.15) is 0 Å². The van der Waals surface area contributed by atoms with Gasteiger partial charge in [-0.05, 0) is 82.6 Å². The maximum absolute atomic E-state index is 12.8. The molecule has 0 radical (unpaired) electrons. The van der Waals surface area contributed by atoms with Gasteiger partial charge in [0.15, 0.2) is 0 Å². The van der Waals surface area contributed by atoms with E-state index in [0.29, 0.717) is 17.5 Å². The fourth-order valence-corrected chi connectivity index (χ4v) is 6.25. The Bertz CT molecular complexity index is 1380. The van der Waals surface area contributed by atoms with Gasteiger partial charge in [0.2, 0.25) is 0 Å². The molecule has 3 N–H and O–H groups in total. The van der Waals surface area contributed by atoms with Gasteiger partial charge in [-0.15, -0.1) is 0 Å². The second kappa shape index (κ2) is 15.3. The van der Waals surface area contributed by atoms with Gasteiger partial charge >= 0.3 is 5.97 Å². The lowest BCUT2D eigenvalue weighted by Crippen LogP contribution is -2.27. The highest BCUT2D eigenvalue weighted by Gasteiger charge is 2.41. The van der Waals surface area contributed by atoms with Crippen LogP contribution in [0.4, 0.5) is 5.69 Å². The summed E-state index contributed by atoms with van der Waals surface area (Å²) in [7, 11) is 0. The predicted molar refractivity (Wildman–Crippen MR) is 179 cm³/mol. The zero-order chi connectivity index (χ0) is 32.5. The zero-order valence-electron chi connectivity index (χ0n) is 27.7. The van der Waals surface area contributed by atoms with Crippen molar-refractivity contribution >= 4 is 17.6 Å². The summed E-state index contributed by atoms with van der Waals surface area (Å²) in [5.41, 5.74) is 6.91. The molecule has 2 aliphatic rings. The van der Waals surface area contributed by atoms with Crippen molar-refractivity contribution in [1.29, 1.82) is 0 Å². The van der Waals surface area contributed by atoms with E-state index in [2.05, 4.69) is 10.2 Å². The lowest BCUT2D eigenvalue weighted by Gasteiger charge is -2.29. The van der Waals surface area contributed by atoms with E-state index in [4.69, 9.17) is 10.1 Å². The van der Waals surface area contributed by atoms with Crippen molar-refractivity contribution < 1.29 is 19.8 Å². The van der Waals surface area contributed by atoms with Gasteiger partial charge in [0.05, 0.1) is 17.7 Å². The van der Waals surface area contributed by atoms with E-state index < -0.39 is 11.6 Å². The minimum absolute atomic E-state index is 0.0507. The highest BCUT2D eigenvalue weighted by atomic mass is 16.4. The van der Waals surface area contributed by atoms with Crippen LogP contribution in [0.5, 0.6) is 0 Å². The van der Waals surface area contributed by atoms with Crippen molar-refractivity contribution in [3.63, 3.8) is 0 Å². The maximum Gasteiger partial charge on any atom is 0.307 e. The lowest BCUT2D eigenvalue weighted by atomic mass is 9.85. The Morgan fingerprint density at radius 1 is 0.932 bits per heavy atom. The summed E-state index contributed by atoms with van der Waals surface area (Å²) >= 11 is 0. The molecule has 1 aliphatic heterocycles. The standard InChI is InChI=1S/C31H35N3O3.C4H10O.C2H6/c1-21-26(18-27(35)36)29(34-17-16-31(20-34)14-6-7-15-31)28(22(2)33-21)24-10-12-25(13-11-24)30(37)32-19-23-8-4-3-5-9-23;1-4(2,3)5;1-2/h3-5,8-13H,6-7,14-20H2,1-2H3,(H,32,37)(H,35,36);5H,1-3H3;1-2H3. The quantitative estimate of drug-likeness (QED) is 0.259. The van der Waals surface area contributed by atoms with Crippen molar-refractivity contribution in [2.24, 2.45) is 5.41 Å². The number of hydrogen-bond donors (Lipinski definition) is 3. The lowest BCUT2D eigenvalue weighted by molar-refractivity contribution is -0.136. The third kappa shape index (κ3) is 9.39. The Labute approximate surface area is 263 Å². The molecule has 238 valence electrons. The first-order chi connectivity index (χ1) is 20.8. The van der Waals surface area contributed by atoms with Crippen LogP contribution >= 0.6 is 0 Å². The van der Waals surface area contributed by atoms with E-state index in [1.165, 1.54) is 25.7 Å². The summed E-state index contributed by atoms with van der Waals surface area (Å²) in [4.78, 5) is 31.8. The molecular formula is C37H51N3O4. The number of amides is 1. The Kier molecular flexibility index (Phi) is 12.1. The van der Waals surface area contributed by atoms with Crippen LogP contribution in [0.1, 0.15) is 99.6 Å². The molecule has 1 amide bonds. The predicted octanol–water partition coefficient (Wildman–Crippen LogP) is 7.50. The smallest absolute Gasteiger partial charge is 0.307 e. The number of aryl methyl sites for hydroxylation is 2. The molecule has 2 aromatic carbocycles. The summed E-state index contributed by atoms with van der Waals surface area (Å²) in [6.45, 7) is 15.5. The van der Waals surface area contributed by atoms with Gasteiger partial charge < -0.3 is 20.4 Å². The van der Waals surface area contributed by atoms with E-state index in [0.717, 1.165) is 58.8 Å². The number of nitrogens with one attached hydrogen (secondary N) is 1. The minimum atomic E-state index is -0.846. The minimum Gasteiger partial charge on any atom is -0.481 e. The molecule has 3 aromatic rings. The van der Waals surface area contributed by atoms with Gasteiger partial charge in [-0.25, -0.2) is 0 Å². The highest BCUT2D eigenvalue weighted by Crippen LogP contribution is 2.49. The average molecular weight is 602 g/mol. The number of carboxylic acids is 1. The fraction of sp³-hybridized carbons (Fsp3) is 0.486. The number of benzene rings is 2. The molecule has 7 nitrogen and oxygen atoms in total. The number of aliphatic carboxylic acids is 1. The van der Waals surface area contributed by atoms with Crippen molar-refractivity contribution in [2.45, 2.75) is 99.1 Å². The van der Waals surface area contributed by atoms with E-state index in [1.54, 1.807) is 20.8 Å². The van der Waals surface area contributed by atoms with E-state index in [9.17, 15) is 14.7 Å². The van der Waals surface area contributed by atoms with Crippen LogP contribution in [-0.2, 0) is 17.8 Å². The van der Waals surface area contributed by atoms with Crippen LogP contribution in [0.15, 0.2) is 54.6 Å². The summed E-state index contributed by atoms with van der Waals surface area (Å²) in [6.07, 6.45) is 6.17. The monoisotopic (exact) mass is 601 g/mol. The molecule has 0 unspecified atom stereocenters. The van der Waals surface area contributed by atoms with Crippen LogP contribution in [0.3, 0.4) is 0 Å². The normalized spacial score (nSPS) is 15.2. The van der Waals surface area contributed by atoms with Crippen LogP contribution in [0.2, 0.25) is 0 Å². The Morgan fingerprint density at radius 3 is 2.09 bits per heavy atom. The van der Waals surface area contributed by atoms with E-state index in [1.807, 2.05) is 82.3 Å².